The van der Waals surface area contributed by atoms with Crippen LogP contribution in [0, 0.1) is 0 Å². The number of hydrogen-bond donors (Lipinski definition) is 2. The highest BCUT2D eigenvalue weighted by Crippen LogP contribution is 2.37. The maximum atomic E-state index is 12.3. The highest BCUT2D eigenvalue weighted by molar-refractivity contribution is 7.91. The first-order chi connectivity index (χ1) is 10.9. The van der Waals surface area contributed by atoms with Gasteiger partial charge in [0.1, 0.15) is 9.96 Å². The van der Waals surface area contributed by atoms with E-state index in [-0.39, 0.29) is 16.2 Å². The summed E-state index contributed by atoms with van der Waals surface area (Å²) in [5.74, 6) is 0.517. The summed E-state index contributed by atoms with van der Waals surface area (Å²) in [5, 5.41) is 9.51. The molecule has 1 heterocycles. The zero-order valence-corrected chi connectivity index (χ0v) is 14.0. The number of carbonyl (C=O) groups excluding carboxylic acids is 1. The molecule has 1 aromatic carbocycles. The third-order valence-electron chi connectivity index (χ3n) is 3.87. The summed E-state index contributed by atoms with van der Waals surface area (Å²) in [6, 6.07) is 6.97. The van der Waals surface area contributed by atoms with Crippen molar-refractivity contribution < 1.29 is 17.9 Å². The van der Waals surface area contributed by atoms with E-state index in [0.29, 0.717) is 5.56 Å². The largest absolute Gasteiger partial charge is 0.496 e. The molecule has 2 aromatic rings. The van der Waals surface area contributed by atoms with Gasteiger partial charge in [-0.15, -0.1) is 11.3 Å². The third kappa shape index (κ3) is 3.10. The van der Waals surface area contributed by atoms with Gasteiger partial charge in [-0.05, 0) is 36.1 Å². The maximum absolute atomic E-state index is 12.3. The Balaban J connectivity index is 1.80. The molecule has 1 aliphatic carbocycles. The topological polar surface area (TPSA) is 98.5 Å². The number of amides is 1. The number of primary sulfonamides is 1. The Morgan fingerprint density at radius 1 is 1.43 bits per heavy atom. The van der Waals surface area contributed by atoms with Gasteiger partial charge in [-0.2, -0.15) is 0 Å². The molecule has 1 aliphatic rings. The van der Waals surface area contributed by atoms with Crippen molar-refractivity contribution in [2.75, 3.05) is 7.11 Å². The van der Waals surface area contributed by atoms with Crippen LogP contribution in [-0.2, 0) is 16.4 Å². The smallest absolute Gasteiger partial charge is 0.252 e. The number of fused-ring (bicyclic) bond motifs is 1. The molecule has 0 saturated heterocycles. The van der Waals surface area contributed by atoms with E-state index in [0.717, 1.165) is 41.1 Å². The molecule has 1 amide bonds. The third-order valence-corrected chi connectivity index (χ3v) is 6.26. The monoisotopic (exact) mass is 352 g/mol. The molecule has 0 radical (unpaired) electrons. The molecule has 6 nitrogen and oxygen atoms in total. The predicted molar refractivity (Wildman–Crippen MR) is 87.2 cm³/mol. The summed E-state index contributed by atoms with van der Waals surface area (Å²) < 4.78 is 27.9. The minimum absolute atomic E-state index is 0.0175. The van der Waals surface area contributed by atoms with Crippen LogP contribution in [0.1, 0.15) is 33.9 Å². The predicted octanol–water partition coefficient (Wildman–Crippen LogP) is 1.82. The van der Waals surface area contributed by atoms with E-state index in [9.17, 15) is 13.2 Å². The normalized spacial score (nSPS) is 16.9. The van der Waals surface area contributed by atoms with Gasteiger partial charge in [0.05, 0.1) is 18.7 Å². The van der Waals surface area contributed by atoms with Crippen molar-refractivity contribution in [1.29, 1.82) is 0 Å². The zero-order chi connectivity index (χ0) is 16.6. The lowest BCUT2D eigenvalue weighted by atomic mass is 10.1. The van der Waals surface area contributed by atoms with E-state index in [2.05, 4.69) is 5.32 Å². The molecule has 1 aromatic heterocycles. The standard InChI is InChI=1S/C15H16N2O4S2/c1-21-13-4-2-3-10-11(13)5-6-12(10)17-15(18)9-7-14(22-8-9)23(16,19)20/h2-4,7-8,12H,5-6H2,1H3,(H,17,18)(H2,16,19,20). The van der Waals surface area contributed by atoms with E-state index in [1.165, 1.54) is 11.4 Å². The van der Waals surface area contributed by atoms with Crippen LogP contribution in [0.4, 0.5) is 0 Å². The van der Waals surface area contributed by atoms with Gasteiger partial charge in [0, 0.05) is 5.38 Å². The van der Waals surface area contributed by atoms with Crippen molar-refractivity contribution >= 4 is 27.3 Å². The van der Waals surface area contributed by atoms with Crippen LogP contribution in [0.25, 0.3) is 0 Å². The highest BCUT2D eigenvalue weighted by Gasteiger charge is 2.27. The fraction of sp³-hybridized carbons (Fsp3) is 0.267. The fourth-order valence-electron chi connectivity index (χ4n) is 2.79. The molecule has 23 heavy (non-hydrogen) atoms. The summed E-state index contributed by atoms with van der Waals surface area (Å²) >= 11 is 0.941. The number of nitrogens with two attached hydrogens (primary N) is 1. The molecule has 3 N–H and O–H groups in total. The number of benzene rings is 1. The Morgan fingerprint density at radius 3 is 2.87 bits per heavy atom. The molecular formula is C15H16N2O4S2. The van der Waals surface area contributed by atoms with Crippen molar-refractivity contribution in [3.8, 4) is 5.75 Å². The lowest BCUT2D eigenvalue weighted by Gasteiger charge is -2.14. The lowest BCUT2D eigenvalue weighted by Crippen LogP contribution is -2.26. The van der Waals surface area contributed by atoms with Crippen molar-refractivity contribution in [1.82, 2.24) is 5.32 Å². The van der Waals surface area contributed by atoms with Crippen LogP contribution in [0.3, 0.4) is 0 Å². The van der Waals surface area contributed by atoms with Crippen LogP contribution in [0.2, 0.25) is 0 Å². The Hall–Kier alpha value is -1.90. The number of ether oxygens (including phenoxy) is 1. The Kier molecular flexibility index (Phi) is 4.13. The van der Waals surface area contributed by atoms with Gasteiger partial charge >= 0.3 is 0 Å². The van der Waals surface area contributed by atoms with Crippen LogP contribution in [-0.4, -0.2) is 21.4 Å². The van der Waals surface area contributed by atoms with E-state index in [4.69, 9.17) is 9.88 Å². The molecule has 122 valence electrons. The fourth-order valence-corrected chi connectivity index (χ4v) is 4.37. The summed E-state index contributed by atoms with van der Waals surface area (Å²) in [6.45, 7) is 0. The molecule has 8 heteroatoms. The van der Waals surface area contributed by atoms with E-state index in [1.54, 1.807) is 7.11 Å². The van der Waals surface area contributed by atoms with Gasteiger partial charge in [0.2, 0.25) is 10.0 Å². The SMILES string of the molecule is COc1cccc2c1CCC2NC(=O)c1csc(S(N)(=O)=O)c1. The second-order valence-corrected chi connectivity index (χ2v) is 7.99. The van der Waals surface area contributed by atoms with Gasteiger partial charge in [-0.3, -0.25) is 4.79 Å². The summed E-state index contributed by atoms with van der Waals surface area (Å²) in [6.07, 6.45) is 1.62. The summed E-state index contributed by atoms with van der Waals surface area (Å²) in [4.78, 5) is 12.3. The van der Waals surface area contributed by atoms with Crippen LogP contribution in [0.15, 0.2) is 33.9 Å². The van der Waals surface area contributed by atoms with Gasteiger partial charge < -0.3 is 10.1 Å². The highest BCUT2D eigenvalue weighted by atomic mass is 32.2. The maximum Gasteiger partial charge on any atom is 0.252 e. The Morgan fingerprint density at radius 2 is 2.22 bits per heavy atom. The van der Waals surface area contributed by atoms with Crippen molar-refractivity contribution in [2.24, 2.45) is 5.14 Å². The van der Waals surface area contributed by atoms with Gasteiger partial charge in [-0.1, -0.05) is 12.1 Å². The summed E-state index contributed by atoms with van der Waals surface area (Å²) in [7, 11) is -2.15. The Labute approximate surface area is 138 Å². The number of carbonyl (C=O) groups is 1. The average molecular weight is 352 g/mol. The first-order valence-electron chi connectivity index (χ1n) is 6.98. The van der Waals surface area contributed by atoms with Crippen molar-refractivity contribution in [3.05, 3.63) is 46.3 Å². The van der Waals surface area contributed by atoms with E-state index in [1.807, 2.05) is 18.2 Å². The molecule has 0 spiro atoms. The average Bonchev–Trinajstić information content (AvgIpc) is 3.14. The van der Waals surface area contributed by atoms with Crippen molar-refractivity contribution in [2.45, 2.75) is 23.1 Å². The minimum Gasteiger partial charge on any atom is -0.496 e. The molecule has 0 fully saturated rings. The second-order valence-electron chi connectivity index (χ2n) is 5.29. The first kappa shape index (κ1) is 16.0. The lowest BCUT2D eigenvalue weighted by molar-refractivity contribution is 0.0937. The second kappa shape index (κ2) is 5.95. The quantitative estimate of drug-likeness (QED) is 0.877. The molecular weight excluding hydrogens is 336 g/mol. The molecule has 1 unspecified atom stereocenters. The van der Waals surface area contributed by atoms with Crippen LogP contribution < -0.4 is 15.2 Å². The number of methoxy groups -OCH3 is 1. The number of sulfonamides is 1. The first-order valence-corrected chi connectivity index (χ1v) is 9.40. The van der Waals surface area contributed by atoms with E-state index < -0.39 is 10.0 Å². The Bertz CT molecular complexity index is 858. The minimum atomic E-state index is -3.78. The van der Waals surface area contributed by atoms with E-state index >= 15 is 0 Å². The number of rotatable bonds is 4. The molecule has 0 saturated carbocycles. The molecule has 0 aliphatic heterocycles. The molecule has 1 atom stereocenters. The molecule has 0 bridgehead atoms. The van der Waals surface area contributed by atoms with Crippen LogP contribution >= 0.6 is 11.3 Å². The number of thiophene rings is 1. The number of nitrogens with one attached hydrogen (secondary N) is 1. The summed E-state index contributed by atoms with van der Waals surface area (Å²) in [5.41, 5.74) is 2.45. The number of hydrogen-bond acceptors (Lipinski definition) is 5. The van der Waals surface area contributed by atoms with Gasteiger partial charge in [0.25, 0.3) is 5.91 Å². The van der Waals surface area contributed by atoms with Gasteiger partial charge in [-0.25, -0.2) is 13.6 Å². The van der Waals surface area contributed by atoms with Crippen molar-refractivity contribution in [3.63, 3.8) is 0 Å². The molecule has 3 rings (SSSR count). The van der Waals surface area contributed by atoms with Gasteiger partial charge in [0.15, 0.2) is 0 Å². The van der Waals surface area contributed by atoms with Crippen LogP contribution in [0.5, 0.6) is 5.75 Å². The zero-order valence-electron chi connectivity index (χ0n) is 12.4.